The van der Waals surface area contributed by atoms with Gasteiger partial charge in [0.2, 0.25) is 0 Å². The van der Waals surface area contributed by atoms with Crippen molar-refractivity contribution in [3.8, 4) is 0 Å². The van der Waals surface area contributed by atoms with Gasteiger partial charge in [-0.1, -0.05) is 18.5 Å². The van der Waals surface area contributed by atoms with E-state index in [9.17, 15) is 14.9 Å². The molecule has 1 saturated heterocycles. The Hall–Kier alpha value is -1.37. The molecular formula is C14H19Cl2N3O3. The Morgan fingerprint density at radius 2 is 2.27 bits per heavy atom. The molecule has 0 radical (unpaired) electrons. The van der Waals surface area contributed by atoms with E-state index < -0.39 is 10.8 Å². The molecule has 122 valence electrons. The van der Waals surface area contributed by atoms with E-state index in [1.165, 1.54) is 18.2 Å². The summed E-state index contributed by atoms with van der Waals surface area (Å²) in [6.45, 7) is 4.38. The molecule has 0 saturated carbocycles. The maximum absolute atomic E-state index is 12.2. The topological polar surface area (TPSA) is 84.3 Å². The van der Waals surface area contributed by atoms with Crippen LogP contribution in [0.5, 0.6) is 0 Å². The van der Waals surface area contributed by atoms with Crippen molar-refractivity contribution in [2.24, 2.45) is 5.41 Å². The highest BCUT2D eigenvalue weighted by atomic mass is 35.5. The lowest BCUT2D eigenvalue weighted by molar-refractivity contribution is -0.385. The zero-order valence-electron chi connectivity index (χ0n) is 12.2. The molecule has 0 spiro atoms. The standard InChI is InChI=1S/C14H18ClN3O3.ClH/c1-14(5-2-6-16-8-14)9-17-13(19)11-7-10(15)3-4-12(11)18(20)21;/h3-4,7,16H,2,5-6,8-9H2,1H3,(H,17,19);1H. The summed E-state index contributed by atoms with van der Waals surface area (Å²) in [6.07, 6.45) is 2.07. The van der Waals surface area contributed by atoms with Crippen molar-refractivity contribution in [2.45, 2.75) is 19.8 Å². The highest BCUT2D eigenvalue weighted by molar-refractivity contribution is 6.31. The quantitative estimate of drug-likeness (QED) is 0.647. The summed E-state index contributed by atoms with van der Waals surface area (Å²) in [5.41, 5.74) is -0.259. The van der Waals surface area contributed by atoms with Crippen molar-refractivity contribution >= 4 is 35.6 Å². The third-order valence-corrected chi connectivity index (χ3v) is 4.00. The first-order valence-corrected chi connectivity index (χ1v) is 7.22. The number of hydrogen-bond acceptors (Lipinski definition) is 4. The Bertz CT molecular complexity index is 560. The SMILES string of the molecule is CC1(CNC(=O)c2cc(Cl)ccc2[N+](=O)[O-])CCCNC1.Cl. The molecule has 1 heterocycles. The van der Waals surface area contributed by atoms with Crippen LogP contribution >= 0.6 is 24.0 Å². The predicted molar refractivity (Wildman–Crippen MR) is 87.9 cm³/mol. The third kappa shape index (κ3) is 4.56. The number of nitrogens with one attached hydrogen (secondary N) is 2. The molecule has 22 heavy (non-hydrogen) atoms. The van der Waals surface area contributed by atoms with E-state index in [1.54, 1.807) is 0 Å². The summed E-state index contributed by atoms with van der Waals surface area (Å²) < 4.78 is 0. The summed E-state index contributed by atoms with van der Waals surface area (Å²) in [7, 11) is 0. The third-order valence-electron chi connectivity index (χ3n) is 3.76. The smallest absolute Gasteiger partial charge is 0.282 e. The van der Waals surface area contributed by atoms with Gasteiger partial charge in [0, 0.05) is 24.2 Å². The number of piperidine rings is 1. The Morgan fingerprint density at radius 3 is 2.86 bits per heavy atom. The van der Waals surface area contributed by atoms with Crippen LogP contribution in [0.15, 0.2) is 18.2 Å². The summed E-state index contributed by atoms with van der Waals surface area (Å²) in [5.74, 6) is -0.462. The highest BCUT2D eigenvalue weighted by Crippen LogP contribution is 2.26. The maximum Gasteiger partial charge on any atom is 0.282 e. The van der Waals surface area contributed by atoms with Crippen molar-refractivity contribution in [2.75, 3.05) is 19.6 Å². The molecular weight excluding hydrogens is 329 g/mol. The molecule has 0 aliphatic carbocycles. The van der Waals surface area contributed by atoms with Crippen LogP contribution in [-0.2, 0) is 0 Å². The van der Waals surface area contributed by atoms with E-state index in [4.69, 9.17) is 11.6 Å². The van der Waals surface area contributed by atoms with Gasteiger partial charge in [0.05, 0.1) is 4.92 Å². The lowest BCUT2D eigenvalue weighted by Crippen LogP contribution is -2.45. The first-order valence-electron chi connectivity index (χ1n) is 6.84. The lowest BCUT2D eigenvalue weighted by Gasteiger charge is -2.34. The number of amides is 1. The van der Waals surface area contributed by atoms with Gasteiger partial charge in [-0.25, -0.2) is 0 Å². The Morgan fingerprint density at radius 1 is 1.55 bits per heavy atom. The van der Waals surface area contributed by atoms with E-state index in [2.05, 4.69) is 17.6 Å². The molecule has 1 fully saturated rings. The lowest BCUT2D eigenvalue weighted by atomic mass is 9.83. The Balaban J connectivity index is 0.00000242. The van der Waals surface area contributed by atoms with Crippen LogP contribution in [0, 0.1) is 15.5 Å². The van der Waals surface area contributed by atoms with Gasteiger partial charge >= 0.3 is 0 Å². The van der Waals surface area contributed by atoms with Crippen molar-refractivity contribution in [1.29, 1.82) is 0 Å². The van der Waals surface area contributed by atoms with Gasteiger partial charge in [0.1, 0.15) is 5.56 Å². The molecule has 1 aliphatic heterocycles. The van der Waals surface area contributed by atoms with Crippen molar-refractivity contribution in [3.05, 3.63) is 38.9 Å². The zero-order valence-corrected chi connectivity index (χ0v) is 13.8. The van der Waals surface area contributed by atoms with Gasteiger partial charge in [0.25, 0.3) is 11.6 Å². The number of carbonyl (C=O) groups is 1. The second kappa shape index (κ2) is 7.76. The fourth-order valence-corrected chi connectivity index (χ4v) is 2.68. The summed E-state index contributed by atoms with van der Waals surface area (Å²) in [4.78, 5) is 22.6. The second-order valence-corrected chi connectivity index (χ2v) is 6.13. The number of carbonyl (C=O) groups excluding carboxylic acids is 1. The monoisotopic (exact) mass is 347 g/mol. The molecule has 1 aliphatic rings. The van der Waals surface area contributed by atoms with Crippen LogP contribution in [0.3, 0.4) is 0 Å². The van der Waals surface area contributed by atoms with E-state index in [-0.39, 0.29) is 29.1 Å². The average molecular weight is 348 g/mol. The summed E-state index contributed by atoms with van der Waals surface area (Å²) >= 11 is 5.83. The minimum absolute atomic E-state index is 0. The largest absolute Gasteiger partial charge is 0.351 e. The van der Waals surface area contributed by atoms with Gasteiger partial charge in [-0.3, -0.25) is 14.9 Å². The molecule has 1 amide bonds. The molecule has 2 rings (SSSR count). The fourth-order valence-electron chi connectivity index (χ4n) is 2.51. The van der Waals surface area contributed by atoms with Gasteiger partial charge in [0.15, 0.2) is 0 Å². The Kier molecular flexibility index (Phi) is 6.59. The first-order chi connectivity index (χ1) is 9.91. The van der Waals surface area contributed by atoms with Crippen LogP contribution in [-0.4, -0.2) is 30.5 Å². The number of rotatable bonds is 4. The van der Waals surface area contributed by atoms with Crippen LogP contribution in [0.2, 0.25) is 5.02 Å². The van der Waals surface area contributed by atoms with Gasteiger partial charge in [-0.15, -0.1) is 12.4 Å². The van der Waals surface area contributed by atoms with Crippen LogP contribution < -0.4 is 10.6 Å². The van der Waals surface area contributed by atoms with E-state index in [0.29, 0.717) is 11.6 Å². The molecule has 8 heteroatoms. The van der Waals surface area contributed by atoms with E-state index in [0.717, 1.165) is 25.9 Å². The van der Waals surface area contributed by atoms with Crippen molar-refractivity contribution in [3.63, 3.8) is 0 Å². The highest BCUT2D eigenvalue weighted by Gasteiger charge is 2.28. The maximum atomic E-state index is 12.2. The number of benzene rings is 1. The number of hydrogen-bond donors (Lipinski definition) is 2. The predicted octanol–water partition coefficient (Wildman–Crippen LogP) is 2.79. The van der Waals surface area contributed by atoms with E-state index >= 15 is 0 Å². The normalized spacial score (nSPS) is 20.8. The van der Waals surface area contributed by atoms with E-state index in [1.807, 2.05) is 0 Å². The minimum Gasteiger partial charge on any atom is -0.351 e. The second-order valence-electron chi connectivity index (χ2n) is 5.69. The van der Waals surface area contributed by atoms with Crippen LogP contribution in [0.4, 0.5) is 5.69 Å². The summed E-state index contributed by atoms with van der Waals surface area (Å²) in [5, 5.41) is 17.4. The fraction of sp³-hybridized carbons (Fsp3) is 0.500. The molecule has 2 N–H and O–H groups in total. The Labute approximate surface area is 140 Å². The molecule has 6 nitrogen and oxygen atoms in total. The average Bonchev–Trinajstić information content (AvgIpc) is 2.45. The number of halogens is 2. The number of nitrogens with zero attached hydrogens (tertiary/aromatic N) is 1. The summed E-state index contributed by atoms with van der Waals surface area (Å²) in [6, 6.07) is 3.99. The van der Waals surface area contributed by atoms with Gasteiger partial charge < -0.3 is 10.6 Å². The number of nitro benzene ring substituents is 1. The molecule has 1 aromatic carbocycles. The first kappa shape index (κ1) is 18.7. The van der Waals surface area contributed by atoms with Crippen LogP contribution in [0.1, 0.15) is 30.1 Å². The van der Waals surface area contributed by atoms with Gasteiger partial charge in [-0.2, -0.15) is 0 Å². The van der Waals surface area contributed by atoms with Crippen LogP contribution in [0.25, 0.3) is 0 Å². The molecule has 0 aromatic heterocycles. The number of nitro groups is 1. The van der Waals surface area contributed by atoms with Crippen molar-refractivity contribution in [1.82, 2.24) is 10.6 Å². The molecule has 1 unspecified atom stereocenters. The molecule has 1 aromatic rings. The molecule has 1 atom stereocenters. The van der Waals surface area contributed by atoms with Crippen molar-refractivity contribution < 1.29 is 9.72 Å². The van der Waals surface area contributed by atoms with Gasteiger partial charge in [-0.05, 0) is 36.9 Å². The molecule has 0 bridgehead atoms. The zero-order chi connectivity index (χ0) is 15.5. The minimum atomic E-state index is -0.574.